The van der Waals surface area contributed by atoms with Crippen molar-refractivity contribution in [1.29, 1.82) is 0 Å². The van der Waals surface area contributed by atoms with Crippen LogP contribution in [0.5, 0.6) is 11.5 Å². The number of nitrogens with zero attached hydrogens (tertiary/aromatic N) is 2. The molecule has 0 radical (unpaired) electrons. The summed E-state index contributed by atoms with van der Waals surface area (Å²) in [6, 6.07) is 21.1. The lowest BCUT2D eigenvalue weighted by Crippen LogP contribution is -2.40. The summed E-state index contributed by atoms with van der Waals surface area (Å²) in [5.41, 5.74) is 2.65. The molecule has 0 aliphatic carbocycles. The van der Waals surface area contributed by atoms with Crippen LogP contribution in [0.25, 0.3) is 11.8 Å². The van der Waals surface area contributed by atoms with Crippen molar-refractivity contribution < 1.29 is 19.0 Å². The Hall–Kier alpha value is -4.14. The number of benzene rings is 3. The topological polar surface area (TPSA) is 79.1 Å². The van der Waals surface area contributed by atoms with Crippen LogP contribution in [0.1, 0.15) is 29.7 Å². The zero-order chi connectivity index (χ0) is 27.5. The van der Waals surface area contributed by atoms with Gasteiger partial charge in [0.1, 0.15) is 0 Å². The molecule has 1 atom stereocenters. The Kier molecular flexibility index (Phi) is 7.67. The Balaban J connectivity index is 1.84. The van der Waals surface area contributed by atoms with E-state index in [1.807, 2.05) is 48.5 Å². The molecule has 0 saturated carbocycles. The van der Waals surface area contributed by atoms with E-state index in [1.165, 1.54) is 18.4 Å². The van der Waals surface area contributed by atoms with Gasteiger partial charge in [-0.1, -0.05) is 71.5 Å². The van der Waals surface area contributed by atoms with Crippen LogP contribution < -0.4 is 24.4 Å². The van der Waals surface area contributed by atoms with Crippen molar-refractivity contribution >= 4 is 40.7 Å². The maximum Gasteiger partial charge on any atom is 0.338 e. The number of esters is 1. The van der Waals surface area contributed by atoms with E-state index in [2.05, 4.69) is 0 Å². The highest BCUT2D eigenvalue weighted by molar-refractivity contribution is 7.07. The summed E-state index contributed by atoms with van der Waals surface area (Å²) in [7, 11) is 3.09. The van der Waals surface area contributed by atoms with Gasteiger partial charge in [-0.15, -0.1) is 0 Å². The van der Waals surface area contributed by atoms with Gasteiger partial charge in [-0.25, -0.2) is 9.79 Å². The first-order chi connectivity index (χ1) is 18.9. The first kappa shape index (κ1) is 26.5. The molecule has 1 aliphatic heterocycles. The highest BCUT2D eigenvalue weighted by Gasteiger charge is 2.35. The minimum atomic E-state index is -0.817. The van der Waals surface area contributed by atoms with Gasteiger partial charge in [-0.05, 0) is 48.4 Å². The van der Waals surface area contributed by atoms with Gasteiger partial charge in [-0.2, -0.15) is 0 Å². The van der Waals surface area contributed by atoms with Gasteiger partial charge >= 0.3 is 5.97 Å². The van der Waals surface area contributed by atoms with Crippen molar-refractivity contribution in [2.75, 3.05) is 20.8 Å². The second-order valence-corrected chi connectivity index (χ2v) is 10.0. The van der Waals surface area contributed by atoms with E-state index >= 15 is 0 Å². The molecule has 5 rings (SSSR count). The van der Waals surface area contributed by atoms with Crippen LogP contribution in [0.15, 0.2) is 88.2 Å². The fraction of sp³-hybridized carbons (Fsp3) is 0.167. The van der Waals surface area contributed by atoms with E-state index in [0.717, 1.165) is 11.1 Å². The number of rotatable bonds is 7. The maximum absolute atomic E-state index is 13.9. The summed E-state index contributed by atoms with van der Waals surface area (Å²) in [6.45, 7) is 1.91. The molecule has 0 saturated heterocycles. The minimum Gasteiger partial charge on any atom is -0.493 e. The largest absolute Gasteiger partial charge is 0.493 e. The number of hydrogen-bond donors (Lipinski definition) is 0. The number of thiazole rings is 1. The Morgan fingerprint density at radius 1 is 1.03 bits per heavy atom. The second-order valence-electron chi connectivity index (χ2n) is 8.60. The second kappa shape index (κ2) is 11.3. The van der Waals surface area contributed by atoms with Gasteiger partial charge in [0.25, 0.3) is 5.56 Å². The molecule has 3 aromatic carbocycles. The Bertz CT molecular complexity index is 1740. The van der Waals surface area contributed by atoms with Gasteiger partial charge in [0.05, 0.1) is 42.7 Å². The fourth-order valence-electron chi connectivity index (χ4n) is 4.49. The van der Waals surface area contributed by atoms with Crippen LogP contribution in [0.3, 0.4) is 0 Å². The quantitative estimate of drug-likeness (QED) is 0.309. The molecule has 0 N–H and O–H groups in total. The summed E-state index contributed by atoms with van der Waals surface area (Å²) < 4.78 is 18.5. The third-order valence-electron chi connectivity index (χ3n) is 6.26. The summed E-state index contributed by atoms with van der Waals surface area (Å²) in [4.78, 5) is 32.8. The van der Waals surface area contributed by atoms with Crippen LogP contribution in [0.4, 0.5) is 0 Å². The third-order valence-corrected chi connectivity index (χ3v) is 7.50. The molecule has 9 heteroatoms. The Morgan fingerprint density at radius 2 is 1.74 bits per heavy atom. The van der Waals surface area contributed by atoms with Crippen molar-refractivity contribution in [2.24, 2.45) is 4.99 Å². The zero-order valence-electron chi connectivity index (χ0n) is 21.5. The average Bonchev–Trinajstić information content (AvgIpc) is 3.27. The SMILES string of the molecule is CCOC(=O)C1=C(c2ccccc2)N=c2s/c(=C\c3ccc(Cl)cc3)c(=O)n2C1c1ccc(OC)c(OC)c1. The molecule has 1 aliphatic rings. The molecule has 0 spiro atoms. The van der Waals surface area contributed by atoms with Crippen LogP contribution in [-0.2, 0) is 9.53 Å². The van der Waals surface area contributed by atoms with Crippen LogP contribution in [-0.4, -0.2) is 31.4 Å². The lowest BCUT2D eigenvalue weighted by atomic mass is 9.93. The molecule has 1 unspecified atom stereocenters. The predicted octanol–water partition coefficient (Wildman–Crippen LogP) is 4.61. The monoisotopic (exact) mass is 560 g/mol. The summed E-state index contributed by atoms with van der Waals surface area (Å²) in [5, 5.41) is 0.605. The maximum atomic E-state index is 13.9. The molecule has 2 heterocycles. The summed E-state index contributed by atoms with van der Waals surface area (Å²) in [6.07, 6.45) is 1.79. The van der Waals surface area contributed by atoms with Crippen molar-refractivity contribution in [3.8, 4) is 11.5 Å². The normalized spacial score (nSPS) is 15.0. The van der Waals surface area contributed by atoms with Gasteiger partial charge in [0, 0.05) is 10.6 Å². The van der Waals surface area contributed by atoms with Gasteiger partial charge < -0.3 is 14.2 Å². The standard InChI is InChI=1S/C30H25ClN2O5S/c1-4-38-29(35)25-26(19-8-6-5-7-9-19)32-30-33(27(25)20-12-15-22(36-2)23(17-20)37-3)28(34)24(39-30)16-18-10-13-21(31)14-11-18/h5-17,27H,4H2,1-3H3/b24-16-. The smallest absolute Gasteiger partial charge is 0.338 e. The van der Waals surface area contributed by atoms with E-state index < -0.39 is 12.0 Å². The van der Waals surface area contributed by atoms with Gasteiger partial charge in [0.2, 0.25) is 0 Å². The highest BCUT2D eigenvalue weighted by atomic mass is 35.5. The zero-order valence-corrected chi connectivity index (χ0v) is 23.1. The predicted molar refractivity (Wildman–Crippen MR) is 152 cm³/mol. The van der Waals surface area contributed by atoms with E-state index in [9.17, 15) is 9.59 Å². The fourth-order valence-corrected chi connectivity index (χ4v) is 5.62. The molecule has 0 amide bonds. The molecule has 39 heavy (non-hydrogen) atoms. The average molecular weight is 561 g/mol. The van der Waals surface area contributed by atoms with Crippen molar-refractivity contribution in [2.45, 2.75) is 13.0 Å². The first-order valence-electron chi connectivity index (χ1n) is 12.2. The molecule has 7 nitrogen and oxygen atoms in total. The van der Waals surface area contributed by atoms with E-state index in [0.29, 0.717) is 37.1 Å². The molecule has 198 valence electrons. The number of aromatic nitrogens is 1. The Labute approximate surface area is 233 Å². The summed E-state index contributed by atoms with van der Waals surface area (Å²) in [5.74, 6) is 0.452. The lowest BCUT2D eigenvalue weighted by molar-refractivity contribution is -0.138. The number of hydrogen-bond acceptors (Lipinski definition) is 7. The molecule has 4 aromatic rings. The third kappa shape index (κ3) is 5.13. The minimum absolute atomic E-state index is 0.171. The lowest BCUT2D eigenvalue weighted by Gasteiger charge is -2.26. The van der Waals surface area contributed by atoms with Crippen molar-refractivity contribution in [1.82, 2.24) is 4.57 Å². The molecular weight excluding hydrogens is 536 g/mol. The molecular formula is C30H25ClN2O5S. The number of carbonyl (C=O) groups excluding carboxylic acids is 1. The molecule has 0 fully saturated rings. The highest BCUT2D eigenvalue weighted by Crippen LogP contribution is 2.38. The summed E-state index contributed by atoms with van der Waals surface area (Å²) >= 11 is 7.30. The number of carbonyl (C=O) groups is 1. The number of fused-ring (bicyclic) bond motifs is 1. The molecule has 1 aromatic heterocycles. The van der Waals surface area contributed by atoms with Gasteiger partial charge in [-0.3, -0.25) is 9.36 Å². The van der Waals surface area contributed by atoms with Crippen LogP contribution >= 0.6 is 22.9 Å². The van der Waals surface area contributed by atoms with E-state index in [1.54, 1.807) is 48.9 Å². The number of methoxy groups -OCH3 is 2. The van der Waals surface area contributed by atoms with E-state index in [4.69, 9.17) is 30.8 Å². The molecule has 0 bridgehead atoms. The van der Waals surface area contributed by atoms with E-state index in [-0.39, 0.29) is 17.7 Å². The van der Waals surface area contributed by atoms with Crippen LogP contribution in [0, 0.1) is 0 Å². The van der Waals surface area contributed by atoms with Crippen molar-refractivity contribution in [3.05, 3.63) is 120 Å². The number of halogens is 1. The Morgan fingerprint density at radius 3 is 2.41 bits per heavy atom. The van der Waals surface area contributed by atoms with Gasteiger partial charge in [0.15, 0.2) is 16.3 Å². The number of ether oxygens (including phenoxy) is 3. The van der Waals surface area contributed by atoms with Crippen molar-refractivity contribution in [3.63, 3.8) is 0 Å². The first-order valence-corrected chi connectivity index (χ1v) is 13.4. The van der Waals surface area contributed by atoms with Crippen LogP contribution in [0.2, 0.25) is 5.02 Å².